The van der Waals surface area contributed by atoms with Gasteiger partial charge in [-0.2, -0.15) is 11.8 Å². The van der Waals surface area contributed by atoms with E-state index in [1.807, 2.05) is 12.3 Å². The van der Waals surface area contributed by atoms with Crippen LogP contribution in [-0.2, 0) is 25.6 Å². The smallest absolute Gasteiger partial charge is 0.325 e. The number of nitrogens with one attached hydrogen (secondary N) is 3. The van der Waals surface area contributed by atoms with Crippen LogP contribution in [0.3, 0.4) is 0 Å². The molecule has 0 heterocycles. The van der Waals surface area contributed by atoms with Crippen LogP contribution in [0.1, 0.15) is 31.7 Å². The number of nitrogens with two attached hydrogens (primary N) is 3. The van der Waals surface area contributed by atoms with Crippen LogP contribution in [0.25, 0.3) is 0 Å². The molecular weight excluding hydrogens is 486 g/mol. The number of benzene rings is 1. The van der Waals surface area contributed by atoms with E-state index >= 15 is 0 Å². The highest BCUT2D eigenvalue weighted by Gasteiger charge is 2.29. The average Bonchev–Trinajstić information content (AvgIpc) is 2.83. The minimum Gasteiger partial charge on any atom is -0.480 e. The van der Waals surface area contributed by atoms with Gasteiger partial charge in [0.2, 0.25) is 17.7 Å². The Hall–Kier alpha value is -3.32. The van der Waals surface area contributed by atoms with Crippen molar-refractivity contribution in [1.82, 2.24) is 16.0 Å². The second-order valence-electron chi connectivity index (χ2n) is 8.22. The number of amides is 3. The Morgan fingerprint density at radius 1 is 0.972 bits per heavy atom. The number of carbonyl (C=O) groups excluding carboxylic acids is 3. The summed E-state index contributed by atoms with van der Waals surface area (Å²) in [6.07, 6.45) is 3.01. The highest BCUT2D eigenvalue weighted by atomic mass is 32.2. The van der Waals surface area contributed by atoms with Crippen LogP contribution in [-0.4, -0.2) is 77.5 Å². The molecule has 0 spiro atoms. The number of hydrogen-bond acceptors (Lipinski definition) is 7. The maximum absolute atomic E-state index is 13.2. The summed E-state index contributed by atoms with van der Waals surface area (Å²) in [5.74, 6) is -2.39. The molecule has 4 atom stereocenters. The van der Waals surface area contributed by atoms with Crippen molar-refractivity contribution in [2.24, 2.45) is 22.2 Å². The van der Waals surface area contributed by atoms with Crippen LogP contribution in [0.4, 0.5) is 0 Å². The monoisotopic (exact) mass is 523 g/mol. The first kappa shape index (κ1) is 30.7. The van der Waals surface area contributed by atoms with Gasteiger partial charge >= 0.3 is 5.97 Å². The summed E-state index contributed by atoms with van der Waals surface area (Å²) in [6, 6.07) is 4.91. The second kappa shape index (κ2) is 16.4. The van der Waals surface area contributed by atoms with E-state index in [4.69, 9.17) is 22.3 Å². The van der Waals surface area contributed by atoms with Crippen molar-refractivity contribution in [2.75, 3.05) is 18.6 Å². The van der Waals surface area contributed by atoms with Gasteiger partial charge in [0.05, 0.1) is 6.04 Å². The zero-order chi connectivity index (χ0) is 27.1. The molecule has 1 aromatic carbocycles. The molecule has 0 fully saturated rings. The summed E-state index contributed by atoms with van der Waals surface area (Å²) in [5.41, 5.74) is 17.4. The highest BCUT2D eigenvalue weighted by Crippen LogP contribution is 2.07. The number of guanidine groups is 1. The summed E-state index contributed by atoms with van der Waals surface area (Å²) < 4.78 is 0. The molecule has 0 aliphatic carbocycles. The van der Waals surface area contributed by atoms with Crippen LogP contribution >= 0.6 is 11.8 Å². The molecule has 36 heavy (non-hydrogen) atoms. The van der Waals surface area contributed by atoms with Crippen LogP contribution in [0.2, 0.25) is 0 Å². The predicted octanol–water partition coefficient (Wildman–Crippen LogP) is -1.08. The van der Waals surface area contributed by atoms with Crippen LogP contribution in [0, 0.1) is 0 Å². The minimum absolute atomic E-state index is 0.0914. The SMILES string of the molecule is CSCC[C@H](N)C(=O)N[C@H](CCCN=C(N)N)C(=O)N[C@H](Cc1ccccc1)C(=O)N[C@H](C)C(=O)O. The fraction of sp³-hybridized carbons (Fsp3) is 0.522. The van der Waals surface area contributed by atoms with E-state index in [1.165, 1.54) is 6.92 Å². The Labute approximate surface area is 215 Å². The number of carboxylic acid groups (broad SMARTS) is 1. The minimum atomic E-state index is -1.21. The Bertz CT molecular complexity index is 896. The first-order valence-electron chi connectivity index (χ1n) is 11.5. The number of carbonyl (C=O) groups is 4. The molecule has 10 N–H and O–H groups in total. The zero-order valence-corrected chi connectivity index (χ0v) is 21.4. The lowest BCUT2D eigenvalue weighted by molar-refractivity contribution is -0.141. The fourth-order valence-electron chi connectivity index (χ4n) is 3.13. The molecule has 0 bridgehead atoms. The van der Waals surface area contributed by atoms with E-state index in [0.29, 0.717) is 18.6 Å². The Morgan fingerprint density at radius 2 is 1.58 bits per heavy atom. The second-order valence-corrected chi connectivity index (χ2v) is 9.20. The van der Waals surface area contributed by atoms with E-state index in [1.54, 1.807) is 36.0 Å². The van der Waals surface area contributed by atoms with Gasteiger partial charge in [0.25, 0.3) is 0 Å². The lowest BCUT2D eigenvalue weighted by Gasteiger charge is -2.25. The van der Waals surface area contributed by atoms with Gasteiger partial charge in [0, 0.05) is 13.0 Å². The molecule has 13 heteroatoms. The van der Waals surface area contributed by atoms with E-state index < -0.39 is 47.9 Å². The summed E-state index contributed by atoms with van der Waals surface area (Å²) in [6.45, 7) is 1.56. The number of aliphatic imine (C=N–C) groups is 1. The molecule has 200 valence electrons. The maximum Gasteiger partial charge on any atom is 0.325 e. The third-order valence-corrected chi connectivity index (χ3v) is 5.84. The number of thioether (sulfide) groups is 1. The van der Waals surface area contributed by atoms with Gasteiger partial charge in [0.1, 0.15) is 18.1 Å². The molecule has 0 saturated heterocycles. The predicted molar refractivity (Wildman–Crippen MR) is 140 cm³/mol. The molecule has 0 aliphatic rings. The standard InChI is InChI=1S/C23H37N7O5S/c1-14(22(34)35)28-21(33)18(13-15-7-4-3-5-8-15)30-20(32)17(9-6-11-27-23(25)26)29-19(31)16(24)10-12-36-2/h3-5,7-8,14,16-18H,6,9-13,24H2,1-2H3,(H,28,33)(H,29,31)(H,30,32)(H,34,35)(H4,25,26,27)/t14-,16+,17-,18-/m1/s1. The van der Waals surface area contributed by atoms with Gasteiger partial charge in [-0.3, -0.25) is 24.2 Å². The lowest BCUT2D eigenvalue weighted by atomic mass is 10.0. The Morgan fingerprint density at radius 3 is 2.17 bits per heavy atom. The van der Waals surface area contributed by atoms with Crippen molar-refractivity contribution < 1.29 is 24.3 Å². The van der Waals surface area contributed by atoms with Crippen molar-refractivity contribution in [3.05, 3.63) is 35.9 Å². The molecule has 0 aromatic heterocycles. The number of carboxylic acids is 1. The highest BCUT2D eigenvalue weighted by molar-refractivity contribution is 7.98. The maximum atomic E-state index is 13.2. The van der Waals surface area contributed by atoms with Crippen molar-refractivity contribution in [1.29, 1.82) is 0 Å². The number of aliphatic carboxylic acids is 1. The van der Waals surface area contributed by atoms with Gasteiger partial charge in [-0.25, -0.2) is 0 Å². The van der Waals surface area contributed by atoms with Gasteiger partial charge < -0.3 is 38.3 Å². The molecule has 0 unspecified atom stereocenters. The number of nitrogens with zero attached hydrogens (tertiary/aromatic N) is 1. The summed E-state index contributed by atoms with van der Waals surface area (Å²) in [5, 5.41) is 16.9. The Kier molecular flexibility index (Phi) is 14.0. The average molecular weight is 524 g/mol. The van der Waals surface area contributed by atoms with E-state index in [-0.39, 0.29) is 25.3 Å². The first-order valence-corrected chi connectivity index (χ1v) is 12.9. The summed E-state index contributed by atoms with van der Waals surface area (Å²) in [7, 11) is 0. The van der Waals surface area contributed by atoms with Crippen molar-refractivity contribution in [2.45, 2.75) is 56.8 Å². The summed E-state index contributed by atoms with van der Waals surface area (Å²) >= 11 is 1.55. The molecule has 1 rings (SSSR count). The normalized spacial score (nSPS) is 14.0. The van der Waals surface area contributed by atoms with Gasteiger partial charge in [0.15, 0.2) is 5.96 Å². The third kappa shape index (κ3) is 11.9. The lowest BCUT2D eigenvalue weighted by Crippen LogP contribution is -2.57. The Balaban J connectivity index is 3.05. The van der Waals surface area contributed by atoms with Crippen LogP contribution in [0.5, 0.6) is 0 Å². The van der Waals surface area contributed by atoms with Gasteiger partial charge in [-0.05, 0) is 43.8 Å². The molecule has 3 amide bonds. The largest absolute Gasteiger partial charge is 0.480 e. The topological polar surface area (TPSA) is 215 Å². The van der Waals surface area contributed by atoms with Crippen molar-refractivity contribution in [3.8, 4) is 0 Å². The van der Waals surface area contributed by atoms with Gasteiger partial charge in [-0.15, -0.1) is 0 Å². The van der Waals surface area contributed by atoms with Crippen LogP contribution in [0.15, 0.2) is 35.3 Å². The zero-order valence-electron chi connectivity index (χ0n) is 20.6. The van der Waals surface area contributed by atoms with Crippen LogP contribution < -0.4 is 33.2 Å². The number of rotatable bonds is 16. The first-order chi connectivity index (χ1) is 17.0. The van der Waals surface area contributed by atoms with Crippen molar-refractivity contribution in [3.63, 3.8) is 0 Å². The molecule has 0 aliphatic heterocycles. The molecule has 0 saturated carbocycles. The van der Waals surface area contributed by atoms with Crippen molar-refractivity contribution >= 4 is 41.4 Å². The van der Waals surface area contributed by atoms with E-state index in [9.17, 15) is 19.2 Å². The molecule has 12 nitrogen and oxygen atoms in total. The van der Waals surface area contributed by atoms with E-state index in [2.05, 4.69) is 20.9 Å². The molecule has 0 radical (unpaired) electrons. The quantitative estimate of drug-likeness (QED) is 0.0795. The van der Waals surface area contributed by atoms with E-state index in [0.717, 1.165) is 5.56 Å². The fourth-order valence-corrected chi connectivity index (χ4v) is 3.62. The molecular formula is C23H37N7O5S. The number of hydrogen-bond donors (Lipinski definition) is 7. The summed E-state index contributed by atoms with van der Waals surface area (Å²) in [4.78, 5) is 53.8. The van der Waals surface area contributed by atoms with Gasteiger partial charge in [-0.1, -0.05) is 30.3 Å². The third-order valence-electron chi connectivity index (χ3n) is 5.19. The molecule has 1 aromatic rings.